The summed E-state index contributed by atoms with van der Waals surface area (Å²) in [6.07, 6.45) is 11.0. The van der Waals surface area contributed by atoms with Crippen molar-refractivity contribution in [2.75, 3.05) is 0 Å². The van der Waals surface area contributed by atoms with Crippen LogP contribution in [0.4, 0.5) is 0 Å². The normalized spacial score (nSPS) is 13.1. The summed E-state index contributed by atoms with van der Waals surface area (Å²) in [5.74, 6) is 0. The molecule has 14 aromatic heterocycles. The number of hydrogen-bond donors (Lipinski definition) is 0. The molecular weight excluding hydrogens is 1760 g/mol. The largest absolute Gasteiger partial charge is 0.308 e. The van der Waals surface area contributed by atoms with Crippen LogP contribution in [-0.2, 0) is 5.41 Å². The summed E-state index contributed by atoms with van der Waals surface area (Å²) in [6.45, 7) is 0. The Morgan fingerprint density at radius 1 is 0.205 bits per heavy atom. The Labute approximate surface area is 780 Å². The first-order chi connectivity index (χ1) is 65.5. The molecule has 31 aromatic rings. The molecule has 0 bridgehead atoms. The molecule has 9 nitrogen and oxygen atoms in total. The van der Waals surface area contributed by atoms with E-state index in [0.29, 0.717) is 0 Å². The van der Waals surface area contributed by atoms with Gasteiger partial charge in [-0.15, -0.1) is 90.7 Å². The van der Waals surface area contributed by atoms with Gasteiger partial charge in [0, 0.05) is 191 Å². The molecule has 0 saturated heterocycles. The summed E-state index contributed by atoms with van der Waals surface area (Å²) in [5, 5.41) is 28.1. The van der Waals surface area contributed by atoms with E-state index < -0.39 is 5.41 Å². The predicted molar refractivity (Wildman–Crippen MR) is 569 cm³/mol. The summed E-state index contributed by atoms with van der Waals surface area (Å²) in [4.78, 5) is 30.8. The van der Waals surface area contributed by atoms with E-state index in [2.05, 4.69) is 350 Å². The monoisotopic (exact) mass is 1820 g/mol. The van der Waals surface area contributed by atoms with Crippen LogP contribution in [0.1, 0.15) is 22.3 Å². The molecule has 0 N–H and O–H groups in total. The Balaban J connectivity index is 0.0000000944. The molecule has 17 heteroatoms. The zero-order valence-corrected chi connectivity index (χ0v) is 75.9. The maximum Gasteiger partial charge on any atom is 0.127 e. The summed E-state index contributed by atoms with van der Waals surface area (Å²) >= 11 is 14.8. The fourth-order valence-corrected chi connectivity index (χ4v) is 32.6. The smallest absolute Gasteiger partial charge is 0.127 e. The van der Waals surface area contributed by atoms with Crippen LogP contribution < -0.4 is 0 Å². The molecule has 17 aromatic carbocycles. The second-order valence-corrected chi connectivity index (χ2v) is 42.7. The van der Waals surface area contributed by atoms with Gasteiger partial charge in [0.25, 0.3) is 0 Å². The highest BCUT2D eigenvalue weighted by Crippen LogP contribution is 2.65. The van der Waals surface area contributed by atoms with E-state index in [-0.39, 0.29) is 0 Å². The van der Waals surface area contributed by atoms with Crippen LogP contribution in [0.5, 0.6) is 0 Å². The molecule has 0 atom stereocenters. The van der Waals surface area contributed by atoms with Crippen molar-refractivity contribution in [2.45, 2.75) is 5.41 Å². The Morgan fingerprint density at radius 3 is 0.992 bits per heavy atom. The van der Waals surface area contributed by atoms with Crippen LogP contribution in [0, 0.1) is 0 Å². The maximum atomic E-state index is 4.82. The highest BCUT2D eigenvalue weighted by Gasteiger charge is 2.52. The Morgan fingerprint density at radius 2 is 0.530 bits per heavy atom. The number of rotatable bonds is 3. The lowest BCUT2D eigenvalue weighted by molar-refractivity contribution is 0.792. The Bertz CT molecular complexity index is 10500. The Hall–Kier alpha value is -14.9. The molecule has 2 aliphatic rings. The van der Waals surface area contributed by atoms with Gasteiger partial charge >= 0.3 is 0 Å². The number of fused-ring (bicyclic) bond motifs is 52. The van der Waals surface area contributed by atoms with Gasteiger partial charge in [0.15, 0.2) is 0 Å². The van der Waals surface area contributed by atoms with Crippen LogP contribution in [0.3, 0.4) is 0 Å². The number of thiophene rings is 8. The number of para-hydroxylation sites is 3. The fraction of sp³-hybridized carbons (Fsp3) is 0.00870. The van der Waals surface area contributed by atoms with E-state index in [0.717, 1.165) is 30.6 Å². The molecule has 14 heterocycles. The summed E-state index contributed by atoms with van der Waals surface area (Å²) in [7, 11) is 0. The zero-order chi connectivity index (χ0) is 85.6. The number of aromatic nitrogens is 9. The van der Waals surface area contributed by atoms with Crippen LogP contribution >= 0.6 is 90.7 Å². The van der Waals surface area contributed by atoms with Crippen molar-refractivity contribution in [2.24, 2.45) is 0 Å². The quantitative estimate of drug-likeness (QED) is 0.175. The molecule has 1 spiro atoms. The van der Waals surface area contributed by atoms with Gasteiger partial charge in [0.05, 0.1) is 63.0 Å². The van der Waals surface area contributed by atoms with Crippen molar-refractivity contribution < 1.29 is 0 Å². The minimum absolute atomic E-state index is 0.408. The van der Waals surface area contributed by atoms with E-state index in [1.165, 1.54) is 258 Å². The minimum atomic E-state index is -0.408. The molecule has 0 amide bonds. The topological polar surface area (TPSA) is 92.1 Å². The molecular formula is C115H59N9S8. The number of benzene rings is 17. The molecule has 0 saturated carbocycles. The van der Waals surface area contributed by atoms with Crippen LogP contribution in [0.2, 0.25) is 0 Å². The third-order valence-corrected chi connectivity index (χ3v) is 37.4. The van der Waals surface area contributed by atoms with Crippen molar-refractivity contribution >= 4 is 318 Å². The van der Waals surface area contributed by atoms with Crippen molar-refractivity contribution in [3.8, 4) is 39.3 Å². The van der Waals surface area contributed by atoms with E-state index in [4.69, 9.17) is 15.0 Å². The predicted octanol–water partition coefficient (Wildman–Crippen LogP) is 34.0. The standard InChI is InChI=1S/C47H25N3S2.2C34H17N3S3/c1-6-16-34-27(11-1)28-12-2-7-17-35(28)47(34)36-18-8-3-13-29(36)30-22-21-26(23-37(30)47)50-38-19-9-4-14-31(38)42-43(50)45-41(33-24-48-25-49-46(33)52-45)40-32-15-5-10-20-39(32)51-44(40)42;1-4-12-23-20(9-1)29-30(37(23)24-13-7-11-19-18-8-2-5-14-25(18)38-31(19)24)33-28(22-16-35-17-36-34(22)40-33)27-21-10-3-6-15-26(21)39-32(27)29;1-4-10-24-20(8-1)30-31(37(24)18-13-14-27-22(15-18)19-7-2-5-11-25(19)38-27)33-29(23-16-35-17-36-34(23)40-33)28-21-9-3-6-12-26(21)39-32(28)30/h1-25H;2*1-17H. The lowest BCUT2D eigenvalue weighted by atomic mass is 9.70. The highest BCUT2D eigenvalue weighted by atomic mass is 32.1. The van der Waals surface area contributed by atoms with E-state index >= 15 is 0 Å². The Kier molecular flexibility index (Phi) is 15.0. The minimum Gasteiger partial charge on any atom is -0.308 e. The molecule has 33 rings (SSSR count). The average Bonchev–Trinajstić information content (AvgIpc) is 1.59. The van der Waals surface area contributed by atoms with Gasteiger partial charge in [-0.2, -0.15) is 0 Å². The van der Waals surface area contributed by atoms with Crippen molar-refractivity contribution in [3.63, 3.8) is 0 Å². The van der Waals surface area contributed by atoms with Crippen molar-refractivity contribution in [3.05, 3.63) is 381 Å². The number of hydrogen-bond acceptors (Lipinski definition) is 14. The van der Waals surface area contributed by atoms with E-state index in [1.807, 2.05) is 75.3 Å². The third-order valence-electron chi connectivity index (χ3n) is 28.1. The lowest BCUT2D eigenvalue weighted by Crippen LogP contribution is -2.26. The SMILES string of the molecule is c1ccc2c(c1)-c1ccccc1C21c2ccccc2-c2ccc(-n3c4ccccc4c4c5sc6ccccc6c5c5c6cncnc6sc5c43)cc21.c1ccc2c(c1)sc1c(-n3c4ccccc4c4c5sc6ccccc6c5c5c6cncnc6sc5c43)cccc12.c1ccc2c(c1)sc1ccc(-n3c4ccccc4c4c5sc6ccccc6c5c5c6cncnc6sc5c43)cc12. The van der Waals surface area contributed by atoms with Crippen LogP contribution in [0.15, 0.2) is 359 Å². The van der Waals surface area contributed by atoms with Crippen molar-refractivity contribution in [1.82, 2.24) is 43.6 Å². The summed E-state index contributed by atoms with van der Waals surface area (Å²) < 4.78 is 24.6. The van der Waals surface area contributed by atoms with Gasteiger partial charge in [0.2, 0.25) is 0 Å². The third kappa shape index (κ3) is 9.61. The molecule has 2 aliphatic carbocycles. The average molecular weight is 1820 g/mol. The van der Waals surface area contributed by atoms with Crippen LogP contribution in [-0.4, -0.2) is 43.6 Å². The van der Waals surface area contributed by atoms with E-state index in [1.54, 1.807) is 53.0 Å². The summed E-state index contributed by atoms with van der Waals surface area (Å²) in [5.41, 5.74) is 21.3. The van der Waals surface area contributed by atoms with Gasteiger partial charge in [0.1, 0.15) is 33.5 Å². The molecule has 0 fully saturated rings. The lowest BCUT2D eigenvalue weighted by Gasteiger charge is -2.30. The first-order valence-electron chi connectivity index (χ1n) is 44.0. The molecule has 0 unspecified atom stereocenters. The first kappa shape index (κ1) is 73.0. The van der Waals surface area contributed by atoms with Crippen molar-refractivity contribution in [1.29, 1.82) is 0 Å². The van der Waals surface area contributed by atoms with E-state index in [9.17, 15) is 0 Å². The van der Waals surface area contributed by atoms with Crippen LogP contribution in [0.25, 0.3) is 267 Å². The van der Waals surface area contributed by atoms with Gasteiger partial charge < -0.3 is 13.7 Å². The van der Waals surface area contributed by atoms with Gasteiger partial charge in [-0.05, 0) is 129 Å². The first-order valence-corrected chi connectivity index (χ1v) is 50.5. The molecule has 0 radical (unpaired) electrons. The van der Waals surface area contributed by atoms with Gasteiger partial charge in [-0.1, -0.05) is 237 Å². The highest BCUT2D eigenvalue weighted by molar-refractivity contribution is 7.31. The fourth-order valence-electron chi connectivity index (χ4n) is 23.0. The van der Waals surface area contributed by atoms with Gasteiger partial charge in [-0.25, -0.2) is 29.9 Å². The molecule has 612 valence electrons. The maximum absolute atomic E-state index is 4.82. The summed E-state index contributed by atoms with van der Waals surface area (Å²) in [6, 6.07) is 119. The molecule has 132 heavy (non-hydrogen) atoms. The second kappa shape index (κ2) is 27.1. The second-order valence-electron chi connectivity index (χ2n) is 34.4. The van der Waals surface area contributed by atoms with Gasteiger partial charge in [-0.3, -0.25) is 0 Å². The number of nitrogens with zero attached hydrogens (tertiary/aromatic N) is 9. The zero-order valence-electron chi connectivity index (χ0n) is 69.4. The molecule has 0 aliphatic heterocycles.